The Hall–Kier alpha value is -2.39. The molecule has 9 heteroatoms. The van der Waals surface area contributed by atoms with Crippen LogP contribution in [0.25, 0.3) is 11.5 Å². The molecule has 0 amide bonds. The van der Waals surface area contributed by atoms with E-state index >= 15 is 0 Å². The van der Waals surface area contributed by atoms with Gasteiger partial charge in [-0.05, 0) is 12.1 Å². The van der Waals surface area contributed by atoms with Gasteiger partial charge < -0.3 is 14.6 Å². The molecule has 2 heterocycles. The molecule has 0 radical (unpaired) electrons. The maximum Gasteiger partial charge on any atom is 0.285 e. The number of hydrogen-bond acceptors (Lipinski definition) is 7. The standard InChI is InChI=1S/C12H11FN4O4/c13-7-1-2-8(9(5-7)17(18)19)12-15-11(16-21-12)10-6-14-3-4-20-10/h1-2,5,10,14H,3-4,6H2. The van der Waals surface area contributed by atoms with Gasteiger partial charge in [-0.3, -0.25) is 10.1 Å². The predicted molar refractivity (Wildman–Crippen MR) is 67.9 cm³/mol. The molecule has 1 fully saturated rings. The van der Waals surface area contributed by atoms with Gasteiger partial charge in [-0.15, -0.1) is 0 Å². The molecule has 21 heavy (non-hydrogen) atoms. The zero-order chi connectivity index (χ0) is 14.8. The lowest BCUT2D eigenvalue weighted by molar-refractivity contribution is -0.384. The smallest absolute Gasteiger partial charge is 0.285 e. The highest BCUT2D eigenvalue weighted by Crippen LogP contribution is 2.30. The summed E-state index contributed by atoms with van der Waals surface area (Å²) in [6, 6.07) is 3.16. The molecule has 0 saturated carbocycles. The number of morpholine rings is 1. The largest absolute Gasteiger partial charge is 0.367 e. The van der Waals surface area contributed by atoms with Gasteiger partial charge in [0, 0.05) is 13.1 Å². The van der Waals surface area contributed by atoms with Crippen LogP contribution in [0, 0.1) is 15.9 Å². The van der Waals surface area contributed by atoms with Crippen molar-refractivity contribution in [3.63, 3.8) is 0 Å². The van der Waals surface area contributed by atoms with Crippen molar-refractivity contribution in [2.45, 2.75) is 6.10 Å². The van der Waals surface area contributed by atoms with Crippen LogP contribution in [0.4, 0.5) is 10.1 Å². The summed E-state index contributed by atoms with van der Waals surface area (Å²) >= 11 is 0. The van der Waals surface area contributed by atoms with Crippen molar-refractivity contribution in [3.05, 3.63) is 40.0 Å². The number of nitrogens with zero attached hydrogens (tertiary/aromatic N) is 3. The molecule has 0 spiro atoms. The lowest BCUT2D eigenvalue weighted by Crippen LogP contribution is -2.33. The first-order chi connectivity index (χ1) is 10.1. The van der Waals surface area contributed by atoms with Crippen LogP contribution in [0.15, 0.2) is 22.7 Å². The van der Waals surface area contributed by atoms with E-state index in [4.69, 9.17) is 9.26 Å². The molecule has 110 valence electrons. The van der Waals surface area contributed by atoms with Crippen molar-refractivity contribution in [2.24, 2.45) is 0 Å². The van der Waals surface area contributed by atoms with E-state index < -0.39 is 16.4 Å². The molecule has 1 unspecified atom stereocenters. The number of nitro groups is 1. The highest BCUT2D eigenvalue weighted by Gasteiger charge is 2.25. The Kier molecular flexibility index (Phi) is 3.59. The third kappa shape index (κ3) is 2.73. The lowest BCUT2D eigenvalue weighted by atomic mass is 10.1. The van der Waals surface area contributed by atoms with Gasteiger partial charge in [0.25, 0.3) is 11.6 Å². The van der Waals surface area contributed by atoms with Gasteiger partial charge in [0.2, 0.25) is 5.82 Å². The summed E-state index contributed by atoms with van der Waals surface area (Å²) in [5.74, 6) is -0.438. The summed E-state index contributed by atoms with van der Waals surface area (Å²) in [6.07, 6.45) is -0.365. The Morgan fingerprint density at radius 2 is 2.33 bits per heavy atom. The first kappa shape index (κ1) is 13.6. The SMILES string of the molecule is O=[N+]([O-])c1cc(F)ccc1-c1nc(C2CNCCO2)no1. The maximum absolute atomic E-state index is 13.1. The molecule has 1 saturated heterocycles. The van der Waals surface area contributed by atoms with Crippen LogP contribution in [0.2, 0.25) is 0 Å². The monoisotopic (exact) mass is 294 g/mol. The fraction of sp³-hybridized carbons (Fsp3) is 0.333. The van der Waals surface area contributed by atoms with E-state index in [1.807, 2.05) is 0 Å². The van der Waals surface area contributed by atoms with E-state index in [-0.39, 0.29) is 17.6 Å². The Labute approximate surface area is 118 Å². The lowest BCUT2D eigenvalue weighted by Gasteiger charge is -2.20. The highest BCUT2D eigenvalue weighted by atomic mass is 19.1. The summed E-state index contributed by atoms with van der Waals surface area (Å²) in [6.45, 7) is 1.79. The molecule has 3 rings (SSSR count). The molecule has 1 aromatic heterocycles. The molecule has 1 aliphatic rings. The van der Waals surface area contributed by atoms with Gasteiger partial charge in [0.05, 0.1) is 17.6 Å². The first-order valence-corrected chi connectivity index (χ1v) is 6.25. The van der Waals surface area contributed by atoms with Gasteiger partial charge >= 0.3 is 0 Å². The van der Waals surface area contributed by atoms with E-state index in [2.05, 4.69) is 15.5 Å². The number of ether oxygens (including phenoxy) is 1. The van der Waals surface area contributed by atoms with E-state index in [1.165, 1.54) is 6.07 Å². The number of halogens is 1. The highest BCUT2D eigenvalue weighted by molar-refractivity contribution is 5.66. The summed E-state index contributed by atoms with van der Waals surface area (Å²) < 4.78 is 23.6. The summed E-state index contributed by atoms with van der Waals surface area (Å²) in [5, 5.41) is 17.9. The fourth-order valence-electron chi connectivity index (χ4n) is 2.04. The maximum atomic E-state index is 13.1. The average molecular weight is 294 g/mol. The minimum atomic E-state index is -0.704. The predicted octanol–water partition coefficient (Wildman–Crippen LogP) is 1.44. The molecule has 1 N–H and O–H groups in total. The Morgan fingerprint density at radius 3 is 3.05 bits per heavy atom. The number of benzene rings is 1. The normalized spacial score (nSPS) is 18.6. The summed E-state index contributed by atoms with van der Waals surface area (Å²) in [5.41, 5.74) is -0.350. The number of rotatable bonds is 3. The first-order valence-electron chi connectivity index (χ1n) is 6.25. The summed E-state index contributed by atoms with van der Waals surface area (Å²) in [4.78, 5) is 14.4. The average Bonchev–Trinajstić information content (AvgIpc) is 2.97. The number of hydrogen-bond donors (Lipinski definition) is 1. The van der Waals surface area contributed by atoms with Crippen LogP contribution in [0.5, 0.6) is 0 Å². The number of nitrogens with one attached hydrogen (secondary N) is 1. The topological polar surface area (TPSA) is 103 Å². The van der Waals surface area contributed by atoms with Crippen LogP contribution in [-0.2, 0) is 4.74 Å². The van der Waals surface area contributed by atoms with Gasteiger partial charge in [0.1, 0.15) is 17.5 Å². The van der Waals surface area contributed by atoms with Gasteiger partial charge in [0.15, 0.2) is 0 Å². The van der Waals surface area contributed by atoms with Gasteiger partial charge in [-0.2, -0.15) is 4.98 Å². The minimum Gasteiger partial charge on any atom is -0.367 e. The Balaban J connectivity index is 1.94. The van der Waals surface area contributed by atoms with Crippen LogP contribution in [0.1, 0.15) is 11.9 Å². The van der Waals surface area contributed by atoms with E-state index in [0.29, 0.717) is 19.0 Å². The van der Waals surface area contributed by atoms with E-state index in [1.54, 1.807) is 0 Å². The van der Waals surface area contributed by atoms with E-state index in [0.717, 1.165) is 18.7 Å². The molecule has 2 aromatic rings. The van der Waals surface area contributed by atoms with Gasteiger partial charge in [-0.25, -0.2) is 4.39 Å². The van der Waals surface area contributed by atoms with Crippen LogP contribution in [0.3, 0.4) is 0 Å². The molecule has 8 nitrogen and oxygen atoms in total. The Bertz CT molecular complexity index is 669. The zero-order valence-electron chi connectivity index (χ0n) is 10.8. The zero-order valence-corrected chi connectivity index (χ0v) is 10.8. The molecular weight excluding hydrogens is 283 g/mol. The van der Waals surface area contributed by atoms with Crippen molar-refractivity contribution >= 4 is 5.69 Å². The third-order valence-corrected chi connectivity index (χ3v) is 3.04. The Morgan fingerprint density at radius 1 is 1.48 bits per heavy atom. The van der Waals surface area contributed by atoms with Crippen molar-refractivity contribution in [1.82, 2.24) is 15.5 Å². The van der Waals surface area contributed by atoms with Crippen LogP contribution < -0.4 is 5.32 Å². The quantitative estimate of drug-likeness (QED) is 0.674. The second kappa shape index (κ2) is 5.54. The second-order valence-electron chi connectivity index (χ2n) is 4.44. The third-order valence-electron chi connectivity index (χ3n) is 3.04. The molecule has 1 aromatic carbocycles. The van der Waals surface area contributed by atoms with Crippen molar-refractivity contribution < 1.29 is 18.6 Å². The molecule has 0 aliphatic carbocycles. The number of aromatic nitrogens is 2. The molecule has 0 bridgehead atoms. The fourth-order valence-corrected chi connectivity index (χ4v) is 2.04. The molecule has 1 aliphatic heterocycles. The van der Waals surface area contributed by atoms with Crippen molar-refractivity contribution in [3.8, 4) is 11.5 Å². The minimum absolute atomic E-state index is 0.0362. The molecule has 1 atom stereocenters. The van der Waals surface area contributed by atoms with E-state index in [9.17, 15) is 14.5 Å². The van der Waals surface area contributed by atoms with Crippen LogP contribution in [-0.4, -0.2) is 34.8 Å². The summed E-state index contributed by atoms with van der Waals surface area (Å²) in [7, 11) is 0. The van der Waals surface area contributed by atoms with Gasteiger partial charge in [-0.1, -0.05) is 5.16 Å². The molecular formula is C12H11FN4O4. The van der Waals surface area contributed by atoms with Crippen molar-refractivity contribution in [2.75, 3.05) is 19.7 Å². The van der Waals surface area contributed by atoms with Crippen molar-refractivity contribution in [1.29, 1.82) is 0 Å². The second-order valence-corrected chi connectivity index (χ2v) is 4.44. The van der Waals surface area contributed by atoms with Crippen LogP contribution >= 0.6 is 0 Å². The number of nitro benzene ring substituents is 1.